The van der Waals surface area contributed by atoms with Gasteiger partial charge in [0.15, 0.2) is 0 Å². The van der Waals surface area contributed by atoms with Gasteiger partial charge in [0.25, 0.3) is 0 Å². The van der Waals surface area contributed by atoms with Crippen molar-refractivity contribution in [3.05, 3.63) is 23.5 Å². The quantitative estimate of drug-likeness (QED) is 0.797. The maximum absolute atomic E-state index is 4.45. The third-order valence-corrected chi connectivity index (χ3v) is 1.82. The Morgan fingerprint density at radius 1 is 1.21 bits per heavy atom. The molecule has 0 radical (unpaired) electrons. The smallest absolute Gasteiger partial charge is 0.0635 e. The van der Waals surface area contributed by atoms with Gasteiger partial charge >= 0.3 is 0 Å². The third-order valence-electron chi connectivity index (χ3n) is 1.82. The van der Waals surface area contributed by atoms with Crippen molar-refractivity contribution < 1.29 is 0 Å². The van der Waals surface area contributed by atoms with Gasteiger partial charge in [-0.05, 0) is 32.4 Å². The number of nitrogens with one attached hydrogen (secondary N) is 1. The van der Waals surface area contributed by atoms with Crippen LogP contribution in [0, 0.1) is 6.92 Å². The summed E-state index contributed by atoms with van der Waals surface area (Å²) in [4.78, 5) is 4.45. The van der Waals surface area contributed by atoms with E-state index in [9.17, 15) is 0 Å². The Morgan fingerprint density at radius 3 is 2.36 bits per heavy atom. The Bertz CT molecular complexity index is 256. The zero-order chi connectivity index (χ0) is 11.0. The van der Waals surface area contributed by atoms with E-state index in [2.05, 4.69) is 30.2 Å². The topological polar surface area (TPSA) is 24.9 Å². The minimum atomic E-state index is 0.956. The molecule has 1 rings (SSSR count). The molecule has 0 aliphatic heterocycles. The molecule has 0 fully saturated rings. The average Bonchev–Trinajstić information content (AvgIpc) is 2.24. The molecular formula is C12H22N2. The van der Waals surface area contributed by atoms with E-state index in [0.29, 0.717) is 0 Å². The normalized spacial score (nSPS) is 8.93. The Kier molecular flexibility index (Phi) is 6.81. The lowest BCUT2D eigenvalue weighted by Crippen LogP contribution is -2.02. The minimum absolute atomic E-state index is 0.956. The molecule has 0 aliphatic rings. The van der Waals surface area contributed by atoms with Crippen LogP contribution >= 0.6 is 0 Å². The van der Waals surface area contributed by atoms with E-state index in [4.69, 9.17) is 0 Å². The second-order valence-electron chi connectivity index (χ2n) is 2.83. The Balaban J connectivity index is 0.000000791. The first-order chi connectivity index (χ1) is 6.77. The molecule has 1 aromatic heterocycles. The van der Waals surface area contributed by atoms with Gasteiger partial charge in [-0.3, -0.25) is 4.98 Å². The first-order valence-corrected chi connectivity index (χ1v) is 5.48. The molecule has 80 valence electrons. The number of hydrogen-bond acceptors (Lipinski definition) is 2. The van der Waals surface area contributed by atoms with Crippen LogP contribution in [0.1, 0.15) is 39.1 Å². The van der Waals surface area contributed by atoms with Crippen molar-refractivity contribution in [1.29, 1.82) is 0 Å². The number of nitrogens with zero attached hydrogens (tertiary/aromatic N) is 1. The monoisotopic (exact) mass is 194 g/mol. The lowest BCUT2D eigenvalue weighted by molar-refractivity contribution is 0.998. The van der Waals surface area contributed by atoms with Crippen molar-refractivity contribution in [2.45, 2.75) is 41.0 Å². The molecule has 0 spiro atoms. The highest BCUT2D eigenvalue weighted by molar-refractivity contribution is 5.48. The van der Waals surface area contributed by atoms with Crippen molar-refractivity contribution in [2.24, 2.45) is 0 Å². The van der Waals surface area contributed by atoms with E-state index in [1.807, 2.05) is 26.8 Å². The molecule has 1 heterocycles. The van der Waals surface area contributed by atoms with Crippen LogP contribution in [0.3, 0.4) is 0 Å². The van der Waals surface area contributed by atoms with E-state index < -0.39 is 0 Å². The van der Waals surface area contributed by atoms with Gasteiger partial charge in [0.05, 0.1) is 11.4 Å². The molecule has 2 heteroatoms. The molecule has 0 aliphatic carbocycles. The Hall–Kier alpha value is -1.05. The molecule has 0 saturated carbocycles. The van der Waals surface area contributed by atoms with E-state index >= 15 is 0 Å². The van der Waals surface area contributed by atoms with Gasteiger partial charge < -0.3 is 5.32 Å². The predicted molar refractivity (Wildman–Crippen MR) is 63.9 cm³/mol. The highest BCUT2D eigenvalue weighted by Crippen LogP contribution is 2.13. The first kappa shape index (κ1) is 12.9. The van der Waals surface area contributed by atoms with E-state index in [0.717, 1.165) is 24.4 Å². The van der Waals surface area contributed by atoms with Crippen molar-refractivity contribution in [3.63, 3.8) is 0 Å². The van der Waals surface area contributed by atoms with Gasteiger partial charge in [-0.25, -0.2) is 0 Å². The summed E-state index contributed by atoms with van der Waals surface area (Å²) >= 11 is 0. The molecule has 2 nitrogen and oxygen atoms in total. The lowest BCUT2D eigenvalue weighted by atomic mass is 10.2. The Labute approximate surface area is 87.8 Å². The fourth-order valence-electron chi connectivity index (χ4n) is 1.23. The fraction of sp³-hybridized carbons (Fsp3) is 0.583. The van der Waals surface area contributed by atoms with Crippen molar-refractivity contribution >= 4 is 5.69 Å². The first-order valence-electron chi connectivity index (χ1n) is 5.48. The van der Waals surface area contributed by atoms with E-state index in [1.165, 1.54) is 5.69 Å². The van der Waals surface area contributed by atoms with Gasteiger partial charge in [0, 0.05) is 12.2 Å². The van der Waals surface area contributed by atoms with Crippen molar-refractivity contribution in [2.75, 3.05) is 11.9 Å². The summed E-state index contributed by atoms with van der Waals surface area (Å²) in [5.74, 6) is 0. The predicted octanol–water partition coefficient (Wildman–Crippen LogP) is 3.41. The largest absolute Gasteiger partial charge is 0.384 e. The van der Waals surface area contributed by atoms with Crippen LogP contribution < -0.4 is 5.32 Å². The third kappa shape index (κ3) is 3.77. The summed E-state index contributed by atoms with van der Waals surface area (Å²) in [6, 6.07) is 4.14. The van der Waals surface area contributed by atoms with E-state index in [-0.39, 0.29) is 0 Å². The molecule has 0 aromatic carbocycles. The molecule has 0 saturated heterocycles. The van der Waals surface area contributed by atoms with Crippen LogP contribution in [0.5, 0.6) is 0 Å². The van der Waals surface area contributed by atoms with Gasteiger partial charge in [-0.15, -0.1) is 0 Å². The SMILES string of the molecule is CC.CCNc1ccc(C)nc1CC. The lowest BCUT2D eigenvalue weighted by Gasteiger charge is -2.08. The summed E-state index contributed by atoms with van der Waals surface area (Å²) in [6.45, 7) is 11.2. The summed E-state index contributed by atoms with van der Waals surface area (Å²) < 4.78 is 0. The molecule has 0 atom stereocenters. The number of aromatic nitrogens is 1. The molecule has 14 heavy (non-hydrogen) atoms. The summed E-state index contributed by atoms with van der Waals surface area (Å²) in [6.07, 6.45) is 0.990. The van der Waals surface area contributed by atoms with Crippen LogP contribution in [-0.4, -0.2) is 11.5 Å². The van der Waals surface area contributed by atoms with E-state index in [1.54, 1.807) is 0 Å². The second-order valence-corrected chi connectivity index (χ2v) is 2.83. The summed E-state index contributed by atoms with van der Waals surface area (Å²) in [5, 5.41) is 3.29. The van der Waals surface area contributed by atoms with Gasteiger partial charge in [-0.1, -0.05) is 20.8 Å². The van der Waals surface area contributed by atoms with Gasteiger partial charge in [0.1, 0.15) is 0 Å². The van der Waals surface area contributed by atoms with Gasteiger partial charge in [-0.2, -0.15) is 0 Å². The zero-order valence-corrected chi connectivity index (χ0v) is 10.0. The number of aryl methyl sites for hydroxylation is 2. The maximum Gasteiger partial charge on any atom is 0.0635 e. The van der Waals surface area contributed by atoms with Crippen molar-refractivity contribution in [3.8, 4) is 0 Å². The number of pyridine rings is 1. The molecule has 1 N–H and O–H groups in total. The average molecular weight is 194 g/mol. The molecule has 0 amide bonds. The number of hydrogen-bond donors (Lipinski definition) is 1. The highest BCUT2D eigenvalue weighted by atomic mass is 14.9. The molecule has 0 unspecified atom stereocenters. The standard InChI is InChI=1S/C10H16N2.C2H6/c1-4-9-10(11-5-2)7-6-8(3)12-9;1-2/h6-7,11H,4-5H2,1-3H3;1-2H3. The number of anilines is 1. The number of rotatable bonds is 3. The van der Waals surface area contributed by atoms with Crippen LogP contribution in [-0.2, 0) is 6.42 Å². The highest BCUT2D eigenvalue weighted by Gasteiger charge is 1.99. The molecular weight excluding hydrogens is 172 g/mol. The molecule has 1 aromatic rings. The van der Waals surface area contributed by atoms with Crippen molar-refractivity contribution in [1.82, 2.24) is 4.98 Å². The molecule has 0 bridgehead atoms. The van der Waals surface area contributed by atoms with Crippen LogP contribution in [0.4, 0.5) is 5.69 Å². The minimum Gasteiger partial charge on any atom is -0.384 e. The maximum atomic E-state index is 4.45. The van der Waals surface area contributed by atoms with Crippen LogP contribution in [0.15, 0.2) is 12.1 Å². The fourth-order valence-corrected chi connectivity index (χ4v) is 1.23. The second kappa shape index (κ2) is 7.36. The summed E-state index contributed by atoms with van der Waals surface area (Å²) in [5.41, 5.74) is 3.43. The summed E-state index contributed by atoms with van der Waals surface area (Å²) in [7, 11) is 0. The van der Waals surface area contributed by atoms with Crippen LogP contribution in [0.25, 0.3) is 0 Å². The Morgan fingerprint density at radius 2 is 1.86 bits per heavy atom. The van der Waals surface area contributed by atoms with Crippen LogP contribution in [0.2, 0.25) is 0 Å². The zero-order valence-electron chi connectivity index (χ0n) is 10.0. The van der Waals surface area contributed by atoms with Gasteiger partial charge in [0.2, 0.25) is 0 Å².